The lowest BCUT2D eigenvalue weighted by atomic mass is 9.73. The maximum absolute atomic E-state index is 10.6. The predicted octanol–water partition coefficient (Wildman–Crippen LogP) is -1.38. The van der Waals surface area contributed by atoms with Crippen LogP contribution in [0.4, 0.5) is 0 Å². The molecule has 2 aliphatic rings. The Kier molecular flexibility index (Phi) is 1.74. The number of rotatable bonds is 1. The van der Waals surface area contributed by atoms with E-state index in [0.717, 1.165) is 6.54 Å². The summed E-state index contributed by atoms with van der Waals surface area (Å²) >= 11 is 0. The maximum atomic E-state index is 10.6. The second-order valence-electron chi connectivity index (χ2n) is 3.50. The zero-order chi connectivity index (χ0) is 9.47. The van der Waals surface area contributed by atoms with E-state index in [1.165, 1.54) is 0 Å². The number of hydrazine groups is 1. The summed E-state index contributed by atoms with van der Waals surface area (Å²) in [4.78, 5) is 20.7. The van der Waals surface area contributed by atoms with Crippen molar-refractivity contribution in [1.82, 2.24) is 10.9 Å². The van der Waals surface area contributed by atoms with Gasteiger partial charge < -0.3 is 9.84 Å². The Balaban J connectivity index is 1.75. The predicted molar refractivity (Wildman–Crippen MR) is 40.6 cm³/mol. The number of ether oxygens (including phenoxy) is 1. The van der Waals surface area contributed by atoms with Gasteiger partial charge in [0.25, 0.3) is 0 Å². The second-order valence-corrected chi connectivity index (χ2v) is 3.50. The average molecular weight is 186 g/mol. The molecule has 1 aliphatic heterocycles. The molecule has 1 aliphatic carbocycles. The normalized spacial score (nSPS) is 36.2. The summed E-state index contributed by atoms with van der Waals surface area (Å²) in [7, 11) is 0. The number of carboxylic acid groups (broad SMARTS) is 1. The van der Waals surface area contributed by atoms with Gasteiger partial charge in [-0.05, 0) is 0 Å². The summed E-state index contributed by atoms with van der Waals surface area (Å²) < 4.78 is 4.67. The summed E-state index contributed by atoms with van der Waals surface area (Å²) in [6.07, 6.45) is 1.15. The van der Waals surface area contributed by atoms with Gasteiger partial charge in [-0.15, -0.1) is 0 Å². The summed E-state index contributed by atoms with van der Waals surface area (Å²) in [5.74, 6) is -2.69. The minimum absolute atomic E-state index is 0.0590. The van der Waals surface area contributed by atoms with Gasteiger partial charge in [-0.2, -0.15) is 0 Å². The van der Waals surface area contributed by atoms with Crippen LogP contribution in [-0.4, -0.2) is 35.2 Å². The van der Waals surface area contributed by atoms with Crippen molar-refractivity contribution < 1.29 is 19.4 Å². The number of hydrogen-bond donors (Lipinski definition) is 3. The Bertz CT molecular complexity index is 253. The van der Waals surface area contributed by atoms with E-state index >= 15 is 0 Å². The number of hydrogen-bond acceptors (Lipinski definition) is 5. The van der Waals surface area contributed by atoms with Gasteiger partial charge in [0.05, 0.1) is 5.54 Å². The first-order valence-corrected chi connectivity index (χ1v) is 4.05. The minimum Gasteiger partial charge on any atom is -0.473 e. The number of nitrogens with one attached hydrogen (secondary N) is 2. The van der Waals surface area contributed by atoms with Gasteiger partial charge in [0, 0.05) is 19.4 Å². The molecule has 6 heteroatoms. The van der Waals surface area contributed by atoms with Crippen LogP contribution in [0.3, 0.4) is 0 Å². The van der Waals surface area contributed by atoms with Crippen LogP contribution >= 0.6 is 0 Å². The standard InChI is InChI=1S/C7H10N2O4/c10-5(11)6(12)13-4-1-7(2-4)3-8-9-7/h4,8-9H,1-3H2,(H,10,11). The van der Waals surface area contributed by atoms with Gasteiger partial charge in [-0.3, -0.25) is 10.9 Å². The van der Waals surface area contributed by atoms with Crippen LogP contribution in [0.1, 0.15) is 12.8 Å². The third-order valence-corrected chi connectivity index (χ3v) is 2.47. The van der Waals surface area contributed by atoms with Crippen LogP contribution in [0.5, 0.6) is 0 Å². The molecule has 1 saturated heterocycles. The second kappa shape index (κ2) is 2.68. The molecule has 2 fully saturated rings. The fraction of sp³-hybridized carbons (Fsp3) is 0.714. The molecule has 1 heterocycles. The summed E-state index contributed by atoms with van der Waals surface area (Å²) in [6, 6.07) is 0. The summed E-state index contributed by atoms with van der Waals surface area (Å²) in [5.41, 5.74) is 5.95. The Labute approximate surface area is 74.2 Å². The third-order valence-electron chi connectivity index (χ3n) is 2.47. The van der Waals surface area contributed by atoms with Crippen molar-refractivity contribution in [2.24, 2.45) is 0 Å². The van der Waals surface area contributed by atoms with Crippen molar-refractivity contribution in [2.75, 3.05) is 6.54 Å². The number of carbonyl (C=O) groups is 2. The molecule has 1 spiro atoms. The molecule has 0 aromatic carbocycles. The van der Waals surface area contributed by atoms with Crippen LogP contribution in [-0.2, 0) is 14.3 Å². The highest BCUT2D eigenvalue weighted by Gasteiger charge is 2.50. The van der Waals surface area contributed by atoms with Crippen LogP contribution in [0, 0.1) is 0 Å². The number of esters is 1. The molecule has 2 rings (SSSR count). The van der Waals surface area contributed by atoms with Crippen molar-refractivity contribution >= 4 is 11.9 Å². The first kappa shape index (κ1) is 8.46. The zero-order valence-electron chi connectivity index (χ0n) is 6.87. The van der Waals surface area contributed by atoms with Gasteiger partial charge >= 0.3 is 11.9 Å². The molecule has 0 amide bonds. The van der Waals surface area contributed by atoms with Crippen molar-refractivity contribution in [3.05, 3.63) is 0 Å². The third kappa shape index (κ3) is 1.38. The van der Waals surface area contributed by atoms with Crippen molar-refractivity contribution in [3.8, 4) is 0 Å². The monoisotopic (exact) mass is 186 g/mol. The Hall–Kier alpha value is -1.14. The molecular formula is C7H10N2O4. The topological polar surface area (TPSA) is 87.7 Å². The highest BCUT2D eigenvalue weighted by molar-refractivity contribution is 6.28. The molecule has 0 aromatic rings. The Morgan fingerprint density at radius 2 is 2.08 bits per heavy atom. The molecule has 0 atom stereocenters. The Morgan fingerprint density at radius 1 is 1.46 bits per heavy atom. The lowest BCUT2D eigenvalue weighted by molar-refractivity contribution is -0.175. The average Bonchev–Trinajstić information content (AvgIpc) is 1.90. The van der Waals surface area contributed by atoms with E-state index in [-0.39, 0.29) is 11.6 Å². The Morgan fingerprint density at radius 3 is 2.46 bits per heavy atom. The van der Waals surface area contributed by atoms with E-state index in [2.05, 4.69) is 15.6 Å². The SMILES string of the molecule is O=C(O)C(=O)OC1CC2(CNN2)C1. The molecule has 13 heavy (non-hydrogen) atoms. The van der Waals surface area contributed by atoms with Gasteiger partial charge in [0.15, 0.2) is 0 Å². The van der Waals surface area contributed by atoms with Crippen molar-refractivity contribution in [1.29, 1.82) is 0 Å². The molecule has 3 N–H and O–H groups in total. The molecule has 0 aromatic heterocycles. The van der Waals surface area contributed by atoms with Gasteiger partial charge in [0.1, 0.15) is 6.10 Å². The number of carboxylic acids is 1. The van der Waals surface area contributed by atoms with Crippen molar-refractivity contribution in [3.63, 3.8) is 0 Å². The fourth-order valence-electron chi connectivity index (χ4n) is 1.68. The van der Waals surface area contributed by atoms with E-state index < -0.39 is 11.9 Å². The smallest absolute Gasteiger partial charge is 0.417 e. The van der Waals surface area contributed by atoms with E-state index in [1.807, 2.05) is 0 Å². The molecule has 72 valence electrons. The lowest BCUT2D eigenvalue weighted by Crippen LogP contribution is -2.76. The van der Waals surface area contributed by atoms with Crippen LogP contribution in [0.25, 0.3) is 0 Å². The molecule has 6 nitrogen and oxygen atoms in total. The first-order valence-electron chi connectivity index (χ1n) is 4.05. The van der Waals surface area contributed by atoms with E-state index in [4.69, 9.17) is 5.11 Å². The minimum atomic E-state index is -1.53. The van der Waals surface area contributed by atoms with Crippen LogP contribution in [0.15, 0.2) is 0 Å². The molecule has 0 bridgehead atoms. The zero-order valence-corrected chi connectivity index (χ0v) is 6.87. The summed E-state index contributed by atoms with van der Waals surface area (Å²) in [6.45, 7) is 0.855. The fourth-order valence-corrected chi connectivity index (χ4v) is 1.68. The van der Waals surface area contributed by atoms with Gasteiger partial charge in [0.2, 0.25) is 0 Å². The van der Waals surface area contributed by atoms with Crippen molar-refractivity contribution in [2.45, 2.75) is 24.5 Å². The van der Waals surface area contributed by atoms with E-state index in [0.29, 0.717) is 12.8 Å². The molecule has 0 radical (unpaired) electrons. The molecule has 1 saturated carbocycles. The highest BCUT2D eigenvalue weighted by atomic mass is 16.6. The largest absolute Gasteiger partial charge is 0.473 e. The first-order chi connectivity index (χ1) is 6.11. The molecular weight excluding hydrogens is 176 g/mol. The quantitative estimate of drug-likeness (QED) is 0.345. The van der Waals surface area contributed by atoms with E-state index in [1.54, 1.807) is 0 Å². The summed E-state index contributed by atoms with van der Waals surface area (Å²) in [5, 5.41) is 8.25. The van der Waals surface area contributed by atoms with E-state index in [9.17, 15) is 9.59 Å². The molecule has 0 unspecified atom stereocenters. The lowest BCUT2D eigenvalue weighted by Gasteiger charge is -2.53. The van der Waals surface area contributed by atoms with Crippen LogP contribution < -0.4 is 10.9 Å². The highest BCUT2D eigenvalue weighted by Crippen LogP contribution is 2.36. The van der Waals surface area contributed by atoms with Gasteiger partial charge in [-0.1, -0.05) is 0 Å². The number of carbonyl (C=O) groups excluding carboxylic acids is 1. The van der Waals surface area contributed by atoms with Crippen LogP contribution in [0.2, 0.25) is 0 Å². The number of aliphatic carboxylic acids is 1. The van der Waals surface area contributed by atoms with Gasteiger partial charge in [-0.25, -0.2) is 9.59 Å². The maximum Gasteiger partial charge on any atom is 0.417 e.